The third-order valence-corrected chi connectivity index (χ3v) is 4.11. The summed E-state index contributed by atoms with van der Waals surface area (Å²) in [6.45, 7) is 0. The molecular weight excluding hydrogens is 452 g/mol. The van der Waals surface area contributed by atoms with Gasteiger partial charge in [-0.2, -0.15) is 0 Å². The highest BCUT2D eigenvalue weighted by atomic mass is 79.9. The van der Waals surface area contributed by atoms with E-state index in [0.29, 0.717) is 0 Å². The molecule has 0 aliphatic heterocycles. The number of rotatable bonds is 3. The van der Waals surface area contributed by atoms with Gasteiger partial charge in [-0.1, -0.05) is 48.5 Å². The lowest BCUT2D eigenvalue weighted by Crippen LogP contribution is -1.90. The summed E-state index contributed by atoms with van der Waals surface area (Å²) in [7, 11) is 0. The predicted molar refractivity (Wildman–Crippen MR) is 119 cm³/mol. The second-order valence-corrected chi connectivity index (χ2v) is 5.57. The summed E-state index contributed by atoms with van der Waals surface area (Å²) in [5, 5.41) is 0. The van der Waals surface area contributed by atoms with Gasteiger partial charge >= 0.3 is 0 Å². The van der Waals surface area contributed by atoms with Gasteiger partial charge in [0.25, 0.3) is 0 Å². The van der Waals surface area contributed by atoms with Crippen LogP contribution in [0.1, 0.15) is 0 Å². The van der Waals surface area contributed by atoms with Crippen LogP contribution in [-0.4, -0.2) is 9.97 Å². The van der Waals surface area contributed by atoms with E-state index < -0.39 is 0 Å². The highest BCUT2D eigenvalue weighted by Crippen LogP contribution is 2.39. The molecule has 2 aromatic carbocycles. The van der Waals surface area contributed by atoms with Gasteiger partial charge in [0.05, 0.1) is 0 Å². The van der Waals surface area contributed by atoms with Crippen molar-refractivity contribution in [3.8, 4) is 33.4 Å². The van der Waals surface area contributed by atoms with Gasteiger partial charge in [-0.05, 0) is 57.6 Å². The third kappa shape index (κ3) is 4.09. The van der Waals surface area contributed by atoms with E-state index in [1.165, 1.54) is 22.3 Å². The largest absolute Gasteiger partial charge is 0.265 e. The van der Waals surface area contributed by atoms with Crippen molar-refractivity contribution in [1.29, 1.82) is 0 Å². The zero-order chi connectivity index (χ0) is 16.2. The number of halogens is 2. The maximum Gasteiger partial charge on any atom is 0.0273 e. The molecule has 0 amide bonds. The zero-order valence-corrected chi connectivity index (χ0v) is 17.4. The molecular formula is C22H18Br2N2. The first kappa shape index (κ1) is 20.0. The summed E-state index contributed by atoms with van der Waals surface area (Å²) in [6.07, 6.45) is 7.35. The molecule has 0 unspecified atom stereocenters. The molecule has 0 fully saturated rings. The van der Waals surface area contributed by atoms with Gasteiger partial charge in [0.15, 0.2) is 0 Å². The lowest BCUT2D eigenvalue weighted by molar-refractivity contribution is 1.32. The monoisotopic (exact) mass is 468 g/mol. The fourth-order valence-corrected chi connectivity index (χ4v) is 3.01. The van der Waals surface area contributed by atoms with Crippen molar-refractivity contribution in [2.24, 2.45) is 0 Å². The van der Waals surface area contributed by atoms with Crippen LogP contribution in [0.25, 0.3) is 33.4 Å². The Hall–Kier alpha value is -2.30. The van der Waals surface area contributed by atoms with E-state index in [2.05, 4.69) is 76.7 Å². The Morgan fingerprint density at radius 3 is 1.42 bits per heavy atom. The Morgan fingerprint density at radius 2 is 0.885 bits per heavy atom. The molecule has 0 aliphatic rings. The SMILES string of the molecule is Br.Br.c1ccc(-c2cccc(-c3ccncc3)c2-c2ccncc2)cc1. The molecule has 26 heavy (non-hydrogen) atoms. The first-order chi connectivity index (χ1) is 11.9. The summed E-state index contributed by atoms with van der Waals surface area (Å²) in [5.74, 6) is 0. The van der Waals surface area contributed by atoms with Gasteiger partial charge in [0, 0.05) is 24.8 Å². The zero-order valence-electron chi connectivity index (χ0n) is 13.9. The van der Waals surface area contributed by atoms with Gasteiger partial charge in [0.1, 0.15) is 0 Å². The molecule has 0 bridgehead atoms. The molecule has 0 saturated carbocycles. The van der Waals surface area contributed by atoms with Gasteiger partial charge in [-0.25, -0.2) is 0 Å². The molecule has 0 radical (unpaired) electrons. The molecule has 0 saturated heterocycles. The highest BCUT2D eigenvalue weighted by Gasteiger charge is 2.13. The van der Waals surface area contributed by atoms with Crippen LogP contribution in [0.15, 0.2) is 97.6 Å². The molecule has 0 atom stereocenters. The molecule has 2 nitrogen and oxygen atoms in total. The third-order valence-electron chi connectivity index (χ3n) is 4.11. The number of hydrogen-bond donors (Lipinski definition) is 0. The average molecular weight is 470 g/mol. The van der Waals surface area contributed by atoms with Crippen molar-refractivity contribution in [2.75, 3.05) is 0 Å². The summed E-state index contributed by atoms with van der Waals surface area (Å²) < 4.78 is 0. The molecule has 0 N–H and O–H groups in total. The van der Waals surface area contributed by atoms with E-state index in [1.807, 2.05) is 30.9 Å². The van der Waals surface area contributed by atoms with Crippen molar-refractivity contribution in [3.05, 3.63) is 97.6 Å². The maximum absolute atomic E-state index is 4.17. The van der Waals surface area contributed by atoms with Crippen LogP contribution >= 0.6 is 34.0 Å². The van der Waals surface area contributed by atoms with Gasteiger partial charge in [-0.3, -0.25) is 9.97 Å². The van der Waals surface area contributed by atoms with Crippen LogP contribution in [-0.2, 0) is 0 Å². The van der Waals surface area contributed by atoms with E-state index in [0.717, 1.165) is 11.1 Å². The van der Waals surface area contributed by atoms with Crippen LogP contribution < -0.4 is 0 Å². The smallest absolute Gasteiger partial charge is 0.0273 e. The Kier molecular flexibility index (Phi) is 7.25. The van der Waals surface area contributed by atoms with Crippen LogP contribution in [0.4, 0.5) is 0 Å². The van der Waals surface area contributed by atoms with Crippen LogP contribution in [0.2, 0.25) is 0 Å². The Bertz CT molecular complexity index is 886. The lowest BCUT2D eigenvalue weighted by Gasteiger charge is -2.16. The van der Waals surface area contributed by atoms with E-state index in [4.69, 9.17) is 0 Å². The van der Waals surface area contributed by atoms with Crippen LogP contribution in [0.3, 0.4) is 0 Å². The summed E-state index contributed by atoms with van der Waals surface area (Å²) in [5.41, 5.74) is 7.17. The highest BCUT2D eigenvalue weighted by molar-refractivity contribution is 8.93. The van der Waals surface area contributed by atoms with Gasteiger partial charge < -0.3 is 0 Å². The van der Waals surface area contributed by atoms with Gasteiger partial charge in [0.2, 0.25) is 0 Å². The summed E-state index contributed by atoms with van der Waals surface area (Å²) in [6, 6.07) is 25.2. The average Bonchev–Trinajstić information content (AvgIpc) is 2.69. The molecule has 0 spiro atoms. The van der Waals surface area contributed by atoms with Crippen LogP contribution in [0.5, 0.6) is 0 Å². The Labute approximate surface area is 174 Å². The van der Waals surface area contributed by atoms with E-state index in [1.54, 1.807) is 0 Å². The first-order valence-corrected chi connectivity index (χ1v) is 7.93. The van der Waals surface area contributed by atoms with Gasteiger partial charge in [-0.15, -0.1) is 34.0 Å². The van der Waals surface area contributed by atoms with E-state index >= 15 is 0 Å². The molecule has 0 aliphatic carbocycles. The van der Waals surface area contributed by atoms with Crippen molar-refractivity contribution < 1.29 is 0 Å². The number of benzene rings is 2. The van der Waals surface area contributed by atoms with Crippen molar-refractivity contribution in [2.45, 2.75) is 0 Å². The second-order valence-electron chi connectivity index (χ2n) is 5.57. The topological polar surface area (TPSA) is 25.8 Å². The number of aromatic nitrogens is 2. The summed E-state index contributed by atoms with van der Waals surface area (Å²) in [4.78, 5) is 8.31. The van der Waals surface area contributed by atoms with Crippen molar-refractivity contribution in [3.63, 3.8) is 0 Å². The quantitative estimate of drug-likeness (QED) is 0.336. The molecule has 4 heteroatoms. The fourth-order valence-electron chi connectivity index (χ4n) is 3.01. The molecule has 4 aromatic rings. The Balaban J connectivity index is 0.00000121. The number of pyridine rings is 2. The van der Waals surface area contributed by atoms with Crippen molar-refractivity contribution >= 4 is 34.0 Å². The van der Waals surface area contributed by atoms with Crippen LogP contribution in [0, 0.1) is 0 Å². The maximum atomic E-state index is 4.17. The number of nitrogens with zero attached hydrogens (tertiary/aromatic N) is 2. The fraction of sp³-hybridized carbons (Fsp3) is 0. The minimum atomic E-state index is 0. The van der Waals surface area contributed by atoms with Crippen molar-refractivity contribution in [1.82, 2.24) is 9.97 Å². The molecule has 2 heterocycles. The normalized spacial score (nSPS) is 9.69. The number of hydrogen-bond acceptors (Lipinski definition) is 2. The standard InChI is InChI=1S/C22H16N2.2BrH/c1-2-5-17(6-3-1)20-7-4-8-21(18-9-13-23-14-10-18)22(20)19-11-15-24-16-12-19;;/h1-16H;2*1H. The first-order valence-electron chi connectivity index (χ1n) is 7.93. The molecule has 130 valence electrons. The van der Waals surface area contributed by atoms with E-state index in [9.17, 15) is 0 Å². The minimum Gasteiger partial charge on any atom is -0.265 e. The molecule has 4 rings (SSSR count). The molecule has 2 aromatic heterocycles. The Morgan fingerprint density at radius 1 is 0.423 bits per heavy atom. The predicted octanol–water partition coefficient (Wildman–Crippen LogP) is 6.63. The minimum absolute atomic E-state index is 0. The summed E-state index contributed by atoms with van der Waals surface area (Å²) >= 11 is 0. The second kappa shape index (κ2) is 9.41. The lowest BCUT2D eigenvalue weighted by atomic mass is 9.88. The van der Waals surface area contributed by atoms with E-state index in [-0.39, 0.29) is 34.0 Å².